The standard InChI is InChI=1S/C14H23N5O2S/c1-2-7-15-13(21)17-12(20)9-22-14-16-11(18-19-14)8-10-5-3-4-6-10/h10H,2-9H2,1H3,(H,16,18,19)(H2,15,17,20,21). The third-order valence-corrected chi connectivity index (χ3v) is 4.44. The number of thioether (sulfide) groups is 1. The van der Waals surface area contributed by atoms with E-state index in [9.17, 15) is 9.59 Å². The first-order valence-corrected chi connectivity index (χ1v) is 8.77. The van der Waals surface area contributed by atoms with Gasteiger partial charge in [-0.2, -0.15) is 0 Å². The fraction of sp³-hybridized carbons (Fsp3) is 0.714. The average molecular weight is 325 g/mol. The van der Waals surface area contributed by atoms with Crippen molar-refractivity contribution in [2.45, 2.75) is 50.6 Å². The Hall–Kier alpha value is -1.57. The largest absolute Gasteiger partial charge is 0.338 e. The Labute approximate surface area is 134 Å². The second-order valence-corrected chi connectivity index (χ2v) is 6.45. The Bertz CT molecular complexity index is 499. The highest BCUT2D eigenvalue weighted by Crippen LogP contribution is 2.27. The average Bonchev–Trinajstić information content (AvgIpc) is 3.15. The van der Waals surface area contributed by atoms with Gasteiger partial charge in [0.05, 0.1) is 5.75 Å². The van der Waals surface area contributed by atoms with Gasteiger partial charge in [0.25, 0.3) is 0 Å². The Kier molecular flexibility index (Phi) is 6.70. The smallest absolute Gasteiger partial charge is 0.321 e. The van der Waals surface area contributed by atoms with Crippen LogP contribution in [0.5, 0.6) is 0 Å². The maximum absolute atomic E-state index is 11.6. The molecule has 3 N–H and O–H groups in total. The molecule has 3 amide bonds. The number of nitrogens with one attached hydrogen (secondary N) is 3. The summed E-state index contributed by atoms with van der Waals surface area (Å²) >= 11 is 1.23. The van der Waals surface area contributed by atoms with E-state index in [2.05, 4.69) is 25.8 Å². The lowest BCUT2D eigenvalue weighted by atomic mass is 10.0. The van der Waals surface area contributed by atoms with Crippen LogP contribution < -0.4 is 10.6 Å². The third-order valence-electron chi connectivity index (χ3n) is 3.59. The van der Waals surface area contributed by atoms with Gasteiger partial charge in [0.15, 0.2) is 0 Å². The zero-order valence-electron chi connectivity index (χ0n) is 12.9. The maximum Gasteiger partial charge on any atom is 0.321 e. The lowest BCUT2D eigenvalue weighted by Crippen LogP contribution is -2.40. The van der Waals surface area contributed by atoms with Crippen LogP contribution in [-0.2, 0) is 11.2 Å². The zero-order valence-corrected chi connectivity index (χ0v) is 13.7. The van der Waals surface area contributed by atoms with E-state index in [4.69, 9.17) is 0 Å². The molecule has 1 heterocycles. The Morgan fingerprint density at radius 2 is 2.14 bits per heavy atom. The first kappa shape index (κ1) is 16.8. The van der Waals surface area contributed by atoms with Gasteiger partial charge < -0.3 is 5.32 Å². The highest BCUT2D eigenvalue weighted by Gasteiger charge is 2.17. The molecule has 1 aromatic rings. The second-order valence-electron chi connectivity index (χ2n) is 5.51. The number of imide groups is 1. The van der Waals surface area contributed by atoms with E-state index in [1.165, 1.54) is 37.4 Å². The van der Waals surface area contributed by atoms with E-state index < -0.39 is 6.03 Å². The van der Waals surface area contributed by atoms with Crippen molar-refractivity contribution in [3.63, 3.8) is 0 Å². The fourth-order valence-corrected chi connectivity index (χ4v) is 3.11. The first-order chi connectivity index (χ1) is 10.7. The SMILES string of the molecule is CCCNC(=O)NC(=O)CSc1n[nH]c(CC2CCCC2)n1. The van der Waals surface area contributed by atoms with Crippen molar-refractivity contribution in [2.75, 3.05) is 12.3 Å². The molecule has 0 unspecified atom stereocenters. The molecule has 0 spiro atoms. The molecule has 2 rings (SSSR count). The van der Waals surface area contributed by atoms with Gasteiger partial charge >= 0.3 is 6.03 Å². The van der Waals surface area contributed by atoms with Crippen LogP contribution in [0.25, 0.3) is 0 Å². The zero-order chi connectivity index (χ0) is 15.8. The number of urea groups is 1. The molecule has 1 fully saturated rings. The molecular formula is C14H23N5O2S. The lowest BCUT2D eigenvalue weighted by molar-refractivity contribution is -0.117. The predicted molar refractivity (Wildman–Crippen MR) is 84.6 cm³/mol. The third kappa shape index (κ3) is 5.67. The van der Waals surface area contributed by atoms with Crippen LogP contribution in [0.2, 0.25) is 0 Å². The van der Waals surface area contributed by atoms with E-state index in [0.29, 0.717) is 17.6 Å². The van der Waals surface area contributed by atoms with Crippen LogP contribution in [-0.4, -0.2) is 39.4 Å². The minimum absolute atomic E-state index is 0.125. The summed E-state index contributed by atoms with van der Waals surface area (Å²) in [5.74, 6) is 1.37. The second kappa shape index (κ2) is 8.77. The first-order valence-electron chi connectivity index (χ1n) is 7.79. The molecule has 7 nitrogen and oxygen atoms in total. The van der Waals surface area contributed by atoms with Crippen molar-refractivity contribution in [3.05, 3.63) is 5.82 Å². The fourth-order valence-electron chi connectivity index (χ4n) is 2.50. The number of amides is 3. The molecule has 0 aliphatic heterocycles. The molecule has 8 heteroatoms. The summed E-state index contributed by atoms with van der Waals surface area (Å²) in [4.78, 5) is 27.3. The molecular weight excluding hydrogens is 302 g/mol. The number of hydrogen-bond acceptors (Lipinski definition) is 5. The molecule has 0 radical (unpaired) electrons. The Morgan fingerprint density at radius 1 is 1.36 bits per heavy atom. The monoisotopic (exact) mass is 325 g/mol. The van der Waals surface area contributed by atoms with Gasteiger partial charge in [-0.15, -0.1) is 5.10 Å². The van der Waals surface area contributed by atoms with Crippen molar-refractivity contribution in [1.29, 1.82) is 0 Å². The van der Waals surface area contributed by atoms with Crippen molar-refractivity contribution in [3.8, 4) is 0 Å². The number of aromatic amines is 1. The molecule has 0 aromatic carbocycles. The van der Waals surface area contributed by atoms with Crippen LogP contribution in [0.15, 0.2) is 5.16 Å². The maximum atomic E-state index is 11.6. The molecule has 1 saturated carbocycles. The minimum atomic E-state index is -0.454. The highest BCUT2D eigenvalue weighted by molar-refractivity contribution is 7.99. The van der Waals surface area contributed by atoms with Crippen molar-refractivity contribution in [1.82, 2.24) is 25.8 Å². The number of carbonyl (C=O) groups excluding carboxylic acids is 2. The van der Waals surface area contributed by atoms with Crippen LogP contribution in [0.4, 0.5) is 4.79 Å². The van der Waals surface area contributed by atoms with Crippen LogP contribution in [0.1, 0.15) is 44.9 Å². The molecule has 1 aliphatic rings. The lowest BCUT2D eigenvalue weighted by Gasteiger charge is -2.04. The topological polar surface area (TPSA) is 99.8 Å². The van der Waals surface area contributed by atoms with Crippen LogP contribution in [0.3, 0.4) is 0 Å². The van der Waals surface area contributed by atoms with E-state index >= 15 is 0 Å². The minimum Gasteiger partial charge on any atom is -0.338 e. The van der Waals surface area contributed by atoms with E-state index in [-0.39, 0.29) is 11.7 Å². The number of carbonyl (C=O) groups is 2. The number of nitrogens with zero attached hydrogens (tertiary/aromatic N) is 2. The molecule has 0 atom stereocenters. The number of H-pyrrole nitrogens is 1. The van der Waals surface area contributed by atoms with Gasteiger partial charge in [-0.25, -0.2) is 9.78 Å². The summed E-state index contributed by atoms with van der Waals surface area (Å²) in [5.41, 5.74) is 0. The molecule has 0 saturated heterocycles. The van der Waals surface area contributed by atoms with Crippen LogP contribution in [0, 0.1) is 5.92 Å². The normalized spacial score (nSPS) is 15.0. The Morgan fingerprint density at radius 3 is 2.86 bits per heavy atom. The van der Waals surface area contributed by atoms with Crippen LogP contribution >= 0.6 is 11.8 Å². The van der Waals surface area contributed by atoms with Gasteiger partial charge in [-0.1, -0.05) is 44.4 Å². The highest BCUT2D eigenvalue weighted by atomic mass is 32.2. The van der Waals surface area contributed by atoms with Crippen molar-refractivity contribution in [2.24, 2.45) is 5.92 Å². The summed E-state index contributed by atoms with van der Waals surface area (Å²) < 4.78 is 0. The molecule has 122 valence electrons. The summed E-state index contributed by atoms with van der Waals surface area (Å²) in [5, 5.41) is 12.5. The van der Waals surface area contributed by atoms with Crippen molar-refractivity contribution >= 4 is 23.7 Å². The molecule has 0 bridgehead atoms. The quantitative estimate of drug-likeness (QED) is 0.665. The summed E-state index contributed by atoms with van der Waals surface area (Å²) in [6, 6.07) is -0.454. The molecule has 22 heavy (non-hydrogen) atoms. The van der Waals surface area contributed by atoms with Gasteiger partial charge in [0.2, 0.25) is 11.1 Å². The predicted octanol–water partition coefficient (Wildman–Crippen LogP) is 1.87. The summed E-state index contributed by atoms with van der Waals surface area (Å²) in [6.07, 6.45) is 6.90. The van der Waals surface area contributed by atoms with Gasteiger partial charge in [0, 0.05) is 13.0 Å². The van der Waals surface area contributed by atoms with Gasteiger partial charge in [-0.05, 0) is 12.3 Å². The molecule has 1 aliphatic carbocycles. The summed E-state index contributed by atoms with van der Waals surface area (Å²) in [6.45, 7) is 2.50. The number of rotatable bonds is 7. The summed E-state index contributed by atoms with van der Waals surface area (Å²) in [7, 11) is 0. The van der Waals surface area contributed by atoms with Crippen molar-refractivity contribution < 1.29 is 9.59 Å². The van der Waals surface area contributed by atoms with E-state index in [1.54, 1.807) is 0 Å². The molecule has 1 aromatic heterocycles. The van der Waals surface area contributed by atoms with E-state index in [0.717, 1.165) is 18.7 Å². The van der Waals surface area contributed by atoms with Gasteiger partial charge in [-0.3, -0.25) is 15.2 Å². The Balaban J connectivity index is 1.69. The van der Waals surface area contributed by atoms with Gasteiger partial charge in [0.1, 0.15) is 5.82 Å². The number of aromatic nitrogens is 3. The van der Waals surface area contributed by atoms with E-state index in [1.807, 2.05) is 6.92 Å². The number of hydrogen-bond donors (Lipinski definition) is 3.